The zero-order valence-corrected chi connectivity index (χ0v) is 36.8. The molecular weight excluding hydrogens is 791 g/mol. The second-order valence-electron chi connectivity index (χ2n) is 17.5. The van der Waals surface area contributed by atoms with E-state index in [0.29, 0.717) is 12.3 Å². The molecule has 3 aromatic rings. The lowest BCUT2D eigenvalue weighted by Crippen LogP contribution is -2.50. The quantitative estimate of drug-likeness (QED) is 0.0485. The Morgan fingerprint density at radius 3 is 1.90 bits per heavy atom. The van der Waals surface area contributed by atoms with E-state index < -0.39 is 71.0 Å². The van der Waals surface area contributed by atoms with Crippen LogP contribution in [0.4, 0.5) is 19.5 Å². The Morgan fingerprint density at radius 1 is 0.831 bits per heavy atom. The first-order valence-corrected chi connectivity index (χ1v) is 19.7. The maximum atomic E-state index is 13.2. The Morgan fingerprint density at radius 2 is 1.37 bits per heavy atom. The Kier molecular flexibility index (Phi) is 15.7. The third kappa shape index (κ3) is 17.0. The van der Waals surface area contributed by atoms with E-state index in [0.717, 1.165) is 22.2 Å². The minimum atomic E-state index is -1.51. The number of carbonyl (C=O) groups excluding carboxylic acids is 4. The molecule has 59 heavy (non-hydrogen) atoms. The number of carboxylic acids is 1. The first kappa shape index (κ1) is 47.7. The zero-order valence-electron chi connectivity index (χ0n) is 36.0. The minimum absolute atomic E-state index is 0.0540. The minimum Gasteiger partial charge on any atom is -0.489 e. The number of anilines is 1. The number of carbonyl (C=O) groups is 5. The van der Waals surface area contributed by atoms with Crippen LogP contribution in [0.25, 0.3) is 10.9 Å². The predicted octanol–water partition coefficient (Wildman–Crippen LogP) is 5.53. The van der Waals surface area contributed by atoms with Gasteiger partial charge in [-0.1, -0.05) is 5.16 Å². The number of nitrogens with zero attached hydrogens (tertiary/aromatic N) is 4. The lowest BCUT2D eigenvalue weighted by molar-refractivity contribution is -0.775. The fourth-order valence-electron chi connectivity index (χ4n) is 4.95. The summed E-state index contributed by atoms with van der Waals surface area (Å²) in [6.45, 7) is 20.9. The van der Waals surface area contributed by atoms with Gasteiger partial charge in [-0.25, -0.2) is 29.0 Å². The molecule has 0 aliphatic carbocycles. The molecule has 0 aliphatic heterocycles. The largest absolute Gasteiger partial charge is 0.489 e. The molecule has 0 unspecified atom stereocenters. The topological polar surface area (TPSA) is 231 Å². The molecule has 2 heterocycles. The van der Waals surface area contributed by atoms with Gasteiger partial charge in [0.2, 0.25) is 11.9 Å². The van der Waals surface area contributed by atoms with Crippen LogP contribution in [0.3, 0.4) is 0 Å². The second-order valence-corrected chi connectivity index (χ2v) is 18.3. The van der Waals surface area contributed by atoms with E-state index in [1.54, 1.807) is 95.2 Å². The average Bonchev–Trinajstić information content (AvgIpc) is 3.63. The van der Waals surface area contributed by atoms with E-state index >= 15 is 0 Å². The third-order valence-corrected chi connectivity index (χ3v) is 7.99. The van der Waals surface area contributed by atoms with Crippen LogP contribution in [-0.2, 0) is 47.0 Å². The molecule has 0 fully saturated rings. The van der Waals surface area contributed by atoms with Gasteiger partial charge >= 0.3 is 30.2 Å². The molecule has 0 spiro atoms. The van der Waals surface area contributed by atoms with E-state index in [-0.39, 0.29) is 29.8 Å². The van der Waals surface area contributed by atoms with Gasteiger partial charge in [0.1, 0.15) is 46.0 Å². The fraction of sp³-hybridized carbons (Fsp3) is 0.590. The molecule has 0 radical (unpaired) electrons. The highest BCUT2D eigenvalue weighted by Crippen LogP contribution is 2.22. The maximum absolute atomic E-state index is 13.2. The molecule has 4 N–H and O–H groups in total. The number of amides is 3. The number of carboxylic acid groups (broad SMARTS) is 1. The molecule has 0 aliphatic rings. The van der Waals surface area contributed by atoms with E-state index in [1.165, 1.54) is 5.38 Å². The number of alkyl carbamates (subject to hydrolysis) is 2. The molecule has 326 valence electrons. The maximum Gasteiger partial charge on any atom is 0.413 e. The number of nitrogens with one attached hydrogen (secondary N) is 3. The van der Waals surface area contributed by atoms with Crippen molar-refractivity contribution in [3.63, 3.8) is 0 Å². The molecule has 0 saturated carbocycles. The van der Waals surface area contributed by atoms with Gasteiger partial charge in [0.05, 0.1) is 18.4 Å². The highest BCUT2D eigenvalue weighted by Gasteiger charge is 2.30. The number of esters is 1. The average molecular weight is 849 g/mol. The predicted molar refractivity (Wildman–Crippen MR) is 217 cm³/mol. The van der Waals surface area contributed by atoms with Crippen LogP contribution in [0.2, 0.25) is 0 Å². The molecule has 0 saturated heterocycles. The number of rotatable bonds is 15. The van der Waals surface area contributed by atoms with Crippen molar-refractivity contribution < 1.29 is 62.3 Å². The van der Waals surface area contributed by atoms with E-state index in [1.807, 2.05) is 28.7 Å². The van der Waals surface area contributed by atoms with Gasteiger partial charge in [0, 0.05) is 18.5 Å². The summed E-state index contributed by atoms with van der Waals surface area (Å²) in [6, 6.07) is 5.24. The number of benzene rings is 1. The number of aliphatic carboxylic acids is 1. The molecular formula is C39H58N7O12S+. The highest BCUT2D eigenvalue weighted by atomic mass is 32.1. The van der Waals surface area contributed by atoms with Crippen LogP contribution in [0.1, 0.15) is 88.8 Å². The highest BCUT2D eigenvalue weighted by molar-refractivity contribution is 7.14. The summed E-state index contributed by atoms with van der Waals surface area (Å²) in [5, 5.41) is 23.8. The van der Waals surface area contributed by atoms with Gasteiger partial charge in [-0.2, -0.15) is 4.68 Å². The van der Waals surface area contributed by atoms with Crippen LogP contribution in [-0.4, -0.2) is 98.9 Å². The Bertz CT molecular complexity index is 1970. The van der Waals surface area contributed by atoms with Crippen molar-refractivity contribution in [3.05, 3.63) is 35.5 Å². The van der Waals surface area contributed by atoms with Crippen LogP contribution in [0.5, 0.6) is 5.75 Å². The van der Waals surface area contributed by atoms with Crippen LogP contribution < -0.4 is 25.4 Å². The monoisotopic (exact) mass is 848 g/mol. The zero-order chi connectivity index (χ0) is 44.5. The Hall–Kier alpha value is -5.66. The summed E-state index contributed by atoms with van der Waals surface area (Å²) < 4.78 is 31.3. The van der Waals surface area contributed by atoms with Crippen LogP contribution >= 0.6 is 11.3 Å². The van der Waals surface area contributed by atoms with E-state index in [2.05, 4.69) is 26.1 Å². The van der Waals surface area contributed by atoms with Gasteiger partial charge in [-0.05, 0) is 101 Å². The van der Waals surface area contributed by atoms with Gasteiger partial charge in [0.15, 0.2) is 11.7 Å². The first-order valence-electron chi connectivity index (χ1n) is 18.8. The molecule has 1 atom stereocenters. The lowest BCUT2D eigenvalue weighted by atomic mass is 10.1. The molecule has 3 amide bonds. The van der Waals surface area contributed by atoms with Crippen molar-refractivity contribution in [2.75, 3.05) is 25.0 Å². The van der Waals surface area contributed by atoms with Crippen LogP contribution in [0.15, 0.2) is 34.9 Å². The van der Waals surface area contributed by atoms with Crippen molar-refractivity contribution in [1.29, 1.82) is 0 Å². The summed E-state index contributed by atoms with van der Waals surface area (Å²) in [7, 11) is 1.85. The number of hydrogen-bond donors (Lipinski definition) is 4. The molecule has 20 heteroatoms. The van der Waals surface area contributed by atoms with Crippen molar-refractivity contribution in [1.82, 2.24) is 20.3 Å². The summed E-state index contributed by atoms with van der Waals surface area (Å²) in [6.07, 6.45) is -1.60. The van der Waals surface area contributed by atoms with Gasteiger partial charge in [-0.15, -0.1) is 16.0 Å². The fourth-order valence-corrected chi connectivity index (χ4v) is 5.64. The molecule has 19 nitrogen and oxygen atoms in total. The van der Waals surface area contributed by atoms with Crippen molar-refractivity contribution in [2.24, 2.45) is 18.1 Å². The SMILES string of the molecule is Cn1c2ccc(OC[C@H](O/N=C(\C(=O)O)c3csc(NC(=O)OC(C)(C)C)n3)C(=O)OC(C)(C)C)cc2c[n+]1CC(CNC(=O)OC(C)(C)C)CNC(=O)OC(C)(C)C. The Labute approximate surface area is 347 Å². The van der Waals surface area contributed by atoms with Crippen molar-refractivity contribution >= 4 is 63.3 Å². The third-order valence-electron chi connectivity index (χ3n) is 7.23. The molecule has 2 aromatic heterocycles. The second kappa shape index (κ2) is 19.4. The Balaban J connectivity index is 1.82. The van der Waals surface area contributed by atoms with Gasteiger partial charge in [0.25, 0.3) is 6.10 Å². The summed E-state index contributed by atoms with van der Waals surface area (Å²) >= 11 is 0.936. The molecule has 0 bridgehead atoms. The van der Waals surface area contributed by atoms with Crippen molar-refractivity contribution in [2.45, 2.75) is 118 Å². The number of aromatic nitrogens is 3. The normalized spacial score (nSPS) is 13.0. The number of oxime groups is 1. The van der Waals surface area contributed by atoms with Crippen LogP contribution in [0, 0.1) is 5.92 Å². The summed E-state index contributed by atoms with van der Waals surface area (Å²) in [5.74, 6) is -2.31. The number of hydrogen-bond acceptors (Lipinski definition) is 14. The van der Waals surface area contributed by atoms with Gasteiger partial charge in [-0.3, -0.25) is 5.32 Å². The van der Waals surface area contributed by atoms with E-state index in [9.17, 15) is 29.1 Å². The summed E-state index contributed by atoms with van der Waals surface area (Å²) in [4.78, 5) is 72.2. The van der Waals surface area contributed by atoms with Crippen molar-refractivity contribution in [3.8, 4) is 5.75 Å². The number of ether oxygens (including phenoxy) is 5. The molecule has 3 rings (SSSR count). The lowest BCUT2D eigenvalue weighted by Gasteiger charge is -2.23. The van der Waals surface area contributed by atoms with E-state index in [4.69, 9.17) is 28.5 Å². The number of aryl methyl sites for hydroxylation is 1. The summed E-state index contributed by atoms with van der Waals surface area (Å²) in [5.41, 5.74) is -3.03. The molecule has 1 aromatic carbocycles. The standard InChI is InChI=1S/C39H57N7O12S/c1-36(2,3)54-31(49)28(58-44-29(30(47)48)26-22-59-32(42-26)43-35(52)57-39(10,11)12)21-53-25-14-15-27-24(16-25)20-46(45(27)13)19-23(17-40-33(50)55-37(4,5)6)18-41-34(51)56-38(7,8)9/h14-16,20,22-23,28H,17-19,21H2,1-13H3,(H3-,40,41,42,43,47,48,50,51,52)/p+1/b44-29-/t28-/m0/s1. The first-order chi connectivity index (χ1) is 27.1. The number of fused-ring (bicyclic) bond motifs is 1. The van der Waals surface area contributed by atoms with Gasteiger partial charge < -0.3 is 44.3 Å². The number of thiazole rings is 1. The smallest absolute Gasteiger partial charge is 0.413 e.